The van der Waals surface area contributed by atoms with Crippen LogP contribution in [0.4, 0.5) is 0 Å². The molecule has 3 rings (SSSR count). The number of benzene rings is 1. The van der Waals surface area contributed by atoms with E-state index in [4.69, 9.17) is 11.6 Å². The number of sulfonamides is 1. The number of amides is 1. The van der Waals surface area contributed by atoms with Crippen molar-refractivity contribution in [1.82, 2.24) is 29.6 Å². The van der Waals surface area contributed by atoms with E-state index in [1.165, 1.54) is 12.2 Å². The standard InChI is InChI=1S/C22H27ClN6O3S/c1-5-7-14-24-20(6-2)33(31,32)27-19(30)13-12-16-15(3)25-28(4)22(16)29-18-11-9-8-10-17(18)21(23)26-29/h6,8-13,20,24H,2,5,7,14H2,1,3-4H3,(H,27,30)/b13-12+. The Hall–Kier alpha value is -2.95. The van der Waals surface area contributed by atoms with Crippen LogP contribution in [0.1, 0.15) is 31.0 Å². The Labute approximate surface area is 198 Å². The molecule has 176 valence electrons. The Bertz CT molecular complexity index is 1310. The van der Waals surface area contributed by atoms with Crippen molar-refractivity contribution in [2.24, 2.45) is 7.05 Å². The van der Waals surface area contributed by atoms with E-state index >= 15 is 0 Å². The zero-order chi connectivity index (χ0) is 24.2. The molecule has 0 saturated heterocycles. The van der Waals surface area contributed by atoms with Crippen LogP contribution in [0.25, 0.3) is 22.8 Å². The van der Waals surface area contributed by atoms with Crippen molar-refractivity contribution in [2.75, 3.05) is 6.54 Å². The maximum absolute atomic E-state index is 12.5. The molecule has 0 aliphatic rings. The number of hydrogen-bond acceptors (Lipinski definition) is 6. The molecule has 1 unspecified atom stereocenters. The van der Waals surface area contributed by atoms with E-state index in [0.29, 0.717) is 28.8 Å². The van der Waals surface area contributed by atoms with Gasteiger partial charge in [0, 0.05) is 24.1 Å². The first-order valence-electron chi connectivity index (χ1n) is 10.5. The van der Waals surface area contributed by atoms with Crippen molar-refractivity contribution in [3.05, 3.63) is 59.4 Å². The summed E-state index contributed by atoms with van der Waals surface area (Å²) >= 11 is 6.30. The molecule has 3 aromatic rings. The highest BCUT2D eigenvalue weighted by atomic mass is 35.5. The van der Waals surface area contributed by atoms with Gasteiger partial charge in [0.1, 0.15) is 5.37 Å². The molecule has 0 aliphatic heterocycles. The molecule has 11 heteroatoms. The van der Waals surface area contributed by atoms with E-state index in [1.807, 2.05) is 31.2 Å². The molecule has 2 aromatic heterocycles. The van der Waals surface area contributed by atoms with Crippen LogP contribution in [0.15, 0.2) is 43.0 Å². The normalized spacial score (nSPS) is 13.0. The van der Waals surface area contributed by atoms with E-state index in [-0.39, 0.29) is 0 Å². The Balaban J connectivity index is 1.88. The fraction of sp³-hybridized carbons (Fsp3) is 0.318. The minimum Gasteiger partial charge on any atom is -0.296 e. The third kappa shape index (κ3) is 5.35. The maximum Gasteiger partial charge on any atom is 0.257 e. The van der Waals surface area contributed by atoms with Gasteiger partial charge >= 0.3 is 0 Å². The quantitative estimate of drug-likeness (QED) is 0.256. The highest BCUT2D eigenvalue weighted by Gasteiger charge is 2.23. The summed E-state index contributed by atoms with van der Waals surface area (Å²) in [5.74, 6) is -0.190. The molecule has 2 heterocycles. The number of rotatable bonds is 10. The summed E-state index contributed by atoms with van der Waals surface area (Å²) in [7, 11) is -2.23. The third-order valence-electron chi connectivity index (χ3n) is 5.05. The number of carbonyl (C=O) groups is 1. The minimum absolute atomic E-state index is 0.342. The molecule has 2 N–H and O–H groups in total. The average molecular weight is 491 g/mol. The van der Waals surface area contributed by atoms with Crippen molar-refractivity contribution in [2.45, 2.75) is 32.1 Å². The molecule has 1 amide bonds. The van der Waals surface area contributed by atoms with Crippen LogP contribution in [0, 0.1) is 6.92 Å². The van der Waals surface area contributed by atoms with Gasteiger partial charge in [-0.2, -0.15) is 10.2 Å². The number of halogens is 1. The topological polar surface area (TPSA) is 111 Å². The Morgan fingerprint density at radius 1 is 1.30 bits per heavy atom. The first-order valence-corrected chi connectivity index (χ1v) is 12.4. The van der Waals surface area contributed by atoms with Gasteiger partial charge in [0.2, 0.25) is 0 Å². The monoisotopic (exact) mass is 490 g/mol. The molecule has 9 nitrogen and oxygen atoms in total. The summed E-state index contributed by atoms with van der Waals surface area (Å²) in [5, 5.41) is 11.8. The molecule has 0 spiro atoms. The number of aromatic nitrogens is 4. The third-order valence-corrected chi connectivity index (χ3v) is 6.84. The number of nitrogens with zero attached hydrogens (tertiary/aromatic N) is 4. The lowest BCUT2D eigenvalue weighted by Gasteiger charge is -2.15. The zero-order valence-corrected chi connectivity index (χ0v) is 20.3. The van der Waals surface area contributed by atoms with Crippen LogP contribution in [-0.4, -0.2) is 45.8 Å². The van der Waals surface area contributed by atoms with Crippen molar-refractivity contribution >= 4 is 44.5 Å². The molecule has 0 fully saturated rings. The Kier molecular flexibility index (Phi) is 7.72. The Morgan fingerprint density at radius 3 is 2.73 bits per heavy atom. The highest BCUT2D eigenvalue weighted by molar-refractivity contribution is 7.90. The van der Waals surface area contributed by atoms with Crippen molar-refractivity contribution in [1.29, 1.82) is 0 Å². The van der Waals surface area contributed by atoms with Crippen LogP contribution in [0.5, 0.6) is 0 Å². The second-order valence-electron chi connectivity index (χ2n) is 7.47. The predicted octanol–water partition coefficient (Wildman–Crippen LogP) is 3.08. The highest BCUT2D eigenvalue weighted by Crippen LogP contribution is 2.28. The van der Waals surface area contributed by atoms with Gasteiger partial charge in [-0.15, -0.1) is 6.58 Å². The Morgan fingerprint density at radius 2 is 2.03 bits per heavy atom. The van der Waals surface area contributed by atoms with Crippen molar-refractivity contribution in [3.63, 3.8) is 0 Å². The molecule has 1 aromatic carbocycles. The van der Waals surface area contributed by atoms with Gasteiger partial charge in [0.25, 0.3) is 15.9 Å². The summed E-state index contributed by atoms with van der Waals surface area (Å²) in [4.78, 5) is 12.5. The van der Waals surface area contributed by atoms with Crippen molar-refractivity contribution < 1.29 is 13.2 Å². The van der Waals surface area contributed by atoms with E-state index < -0.39 is 21.3 Å². The lowest BCUT2D eigenvalue weighted by atomic mass is 10.2. The summed E-state index contributed by atoms with van der Waals surface area (Å²) < 4.78 is 30.4. The number of hydrogen-bond donors (Lipinski definition) is 2. The van der Waals surface area contributed by atoms with Gasteiger partial charge in [-0.25, -0.2) is 17.8 Å². The largest absolute Gasteiger partial charge is 0.296 e. The number of nitrogens with one attached hydrogen (secondary N) is 2. The zero-order valence-electron chi connectivity index (χ0n) is 18.7. The molecule has 0 bridgehead atoms. The number of aryl methyl sites for hydroxylation is 2. The van der Waals surface area contributed by atoms with E-state index in [0.717, 1.165) is 29.8 Å². The fourth-order valence-corrected chi connectivity index (χ4v) is 4.74. The first kappa shape index (κ1) is 24.7. The van der Waals surface area contributed by atoms with Gasteiger partial charge < -0.3 is 0 Å². The van der Waals surface area contributed by atoms with Gasteiger partial charge in [-0.3, -0.25) is 14.8 Å². The van der Waals surface area contributed by atoms with Gasteiger partial charge in [-0.05, 0) is 38.1 Å². The number of carbonyl (C=O) groups excluding carboxylic acids is 1. The fourth-order valence-electron chi connectivity index (χ4n) is 3.44. The molecule has 0 saturated carbocycles. The number of fused-ring (bicyclic) bond motifs is 1. The molecule has 0 radical (unpaired) electrons. The number of para-hydroxylation sites is 1. The van der Waals surface area contributed by atoms with Crippen LogP contribution in [0.2, 0.25) is 5.15 Å². The SMILES string of the molecule is C=CC(NCCCC)S(=O)(=O)NC(=O)/C=C/c1c(C)nn(C)c1-n1nc(Cl)c2ccccc21. The molecular formula is C22H27ClN6O3S. The van der Waals surface area contributed by atoms with E-state index in [9.17, 15) is 13.2 Å². The van der Waals surface area contributed by atoms with Crippen LogP contribution >= 0.6 is 11.6 Å². The summed E-state index contributed by atoms with van der Waals surface area (Å²) in [5.41, 5.74) is 2.02. The van der Waals surface area contributed by atoms with Crippen LogP contribution < -0.4 is 10.0 Å². The minimum atomic E-state index is -3.98. The number of unbranched alkanes of at least 4 members (excludes halogenated alkanes) is 1. The van der Waals surface area contributed by atoms with Gasteiger partial charge in [-0.1, -0.05) is 43.2 Å². The maximum atomic E-state index is 12.5. The summed E-state index contributed by atoms with van der Waals surface area (Å²) in [6.07, 6.45) is 5.65. The van der Waals surface area contributed by atoms with Gasteiger partial charge in [0.05, 0.1) is 11.2 Å². The van der Waals surface area contributed by atoms with E-state index in [2.05, 4.69) is 26.8 Å². The van der Waals surface area contributed by atoms with Crippen LogP contribution in [0.3, 0.4) is 0 Å². The van der Waals surface area contributed by atoms with Gasteiger partial charge in [0.15, 0.2) is 11.0 Å². The summed E-state index contributed by atoms with van der Waals surface area (Å²) in [6, 6.07) is 7.49. The van der Waals surface area contributed by atoms with E-state index in [1.54, 1.807) is 23.3 Å². The average Bonchev–Trinajstić information content (AvgIpc) is 3.24. The smallest absolute Gasteiger partial charge is 0.257 e. The molecule has 1 atom stereocenters. The summed E-state index contributed by atoms with van der Waals surface area (Å²) in [6.45, 7) is 7.84. The predicted molar refractivity (Wildman–Crippen MR) is 131 cm³/mol. The lowest BCUT2D eigenvalue weighted by molar-refractivity contribution is -0.114. The lowest BCUT2D eigenvalue weighted by Crippen LogP contribution is -2.44. The molecule has 33 heavy (non-hydrogen) atoms. The molecule has 0 aliphatic carbocycles. The molecular weight excluding hydrogens is 464 g/mol. The van der Waals surface area contributed by atoms with Crippen LogP contribution in [-0.2, 0) is 21.9 Å². The second-order valence-corrected chi connectivity index (χ2v) is 9.63. The first-order chi connectivity index (χ1) is 15.7. The van der Waals surface area contributed by atoms with Crippen molar-refractivity contribution in [3.8, 4) is 5.82 Å². The second kappa shape index (κ2) is 10.3.